The summed E-state index contributed by atoms with van der Waals surface area (Å²) in [7, 11) is 0. The van der Waals surface area contributed by atoms with Gasteiger partial charge < -0.3 is 4.90 Å². The van der Waals surface area contributed by atoms with E-state index in [0.717, 1.165) is 25.9 Å². The minimum atomic E-state index is -1.14. The van der Waals surface area contributed by atoms with Gasteiger partial charge in [0, 0.05) is 37.3 Å². The molecule has 0 radical (unpaired) electrons. The number of halogens is 1. The van der Waals surface area contributed by atoms with E-state index in [1.54, 1.807) is 4.90 Å². The van der Waals surface area contributed by atoms with Crippen LogP contribution in [0.25, 0.3) is 0 Å². The summed E-state index contributed by atoms with van der Waals surface area (Å²) in [6, 6.07) is 5.62. The molecule has 2 aliphatic heterocycles. The van der Waals surface area contributed by atoms with Gasteiger partial charge in [0.2, 0.25) is 0 Å². The lowest BCUT2D eigenvalue weighted by Gasteiger charge is -2.37. The van der Waals surface area contributed by atoms with E-state index in [9.17, 15) is 14.0 Å². The van der Waals surface area contributed by atoms with Gasteiger partial charge in [0.15, 0.2) is 9.99 Å². The summed E-state index contributed by atoms with van der Waals surface area (Å²) in [5.74, 6) is -0.359. The molecule has 0 bridgehead atoms. The van der Waals surface area contributed by atoms with Crippen molar-refractivity contribution in [2.24, 2.45) is 5.92 Å². The van der Waals surface area contributed by atoms with Crippen molar-refractivity contribution in [2.45, 2.75) is 36.6 Å². The Morgan fingerprint density at radius 1 is 0.970 bits per heavy atom. The van der Waals surface area contributed by atoms with Gasteiger partial charge in [0.05, 0.1) is 12.1 Å². The average Bonchev–Trinajstić information content (AvgIpc) is 2.98. The van der Waals surface area contributed by atoms with Crippen LogP contribution in [0.2, 0.25) is 0 Å². The van der Waals surface area contributed by atoms with Crippen LogP contribution in [-0.2, 0) is 4.20 Å². The van der Waals surface area contributed by atoms with Crippen LogP contribution in [0.1, 0.15) is 39.1 Å². The lowest BCUT2D eigenvalue weighted by molar-refractivity contribution is 0.0679. The van der Waals surface area contributed by atoms with Gasteiger partial charge in [-0.05, 0) is 56.1 Å². The first-order valence-corrected chi connectivity index (χ1v) is 13.0. The summed E-state index contributed by atoms with van der Waals surface area (Å²) in [4.78, 5) is 31.6. The Labute approximate surface area is 225 Å². The van der Waals surface area contributed by atoms with Crippen LogP contribution < -0.4 is 0 Å². The first kappa shape index (κ1) is 25.7. The van der Waals surface area contributed by atoms with E-state index in [1.807, 2.05) is 0 Å². The Kier molecular flexibility index (Phi) is 7.70. The van der Waals surface area contributed by atoms with Crippen LogP contribution in [0.3, 0.4) is 0 Å². The van der Waals surface area contributed by atoms with Gasteiger partial charge in [-0.3, -0.25) is 14.5 Å². The fourth-order valence-corrected chi connectivity index (χ4v) is 6.67. The van der Waals surface area contributed by atoms with Gasteiger partial charge in [0.1, 0.15) is 5.82 Å². The number of nitrogens with zero attached hydrogens (tertiary/aromatic N) is 2. The molecule has 11 heteroatoms. The van der Waals surface area contributed by atoms with Crippen molar-refractivity contribution >= 4 is 87.5 Å². The molecule has 2 aromatic rings. The molecule has 2 aromatic carbocycles. The Morgan fingerprint density at radius 2 is 1.55 bits per heavy atom. The molecule has 1 saturated heterocycles. The van der Waals surface area contributed by atoms with E-state index < -0.39 is 4.20 Å². The maximum Gasteiger partial charge on any atom is 0.257 e. The monoisotopic (exact) mass is 558 g/mol. The third-order valence-corrected chi connectivity index (χ3v) is 9.50. The van der Waals surface area contributed by atoms with E-state index >= 15 is 0 Å². The highest BCUT2D eigenvalue weighted by Crippen LogP contribution is 2.53. The number of hydrogen-bond donors (Lipinski definition) is 6. The minimum absolute atomic E-state index is 0.0314. The fourth-order valence-electron chi connectivity index (χ4n) is 4.37. The van der Waals surface area contributed by atoms with Gasteiger partial charge in [-0.15, -0.1) is 75.8 Å². The summed E-state index contributed by atoms with van der Waals surface area (Å²) in [6.07, 6.45) is 1.65. The summed E-state index contributed by atoms with van der Waals surface area (Å²) in [5.41, 5.74) is 1.50. The largest absolute Gasteiger partial charge is 0.311 e. The van der Waals surface area contributed by atoms with Gasteiger partial charge in [0.25, 0.3) is 5.91 Å². The third kappa shape index (κ3) is 4.83. The molecule has 0 spiro atoms. The lowest BCUT2D eigenvalue weighted by Crippen LogP contribution is -2.44. The Balaban J connectivity index is 1.42. The Bertz CT molecular complexity index is 1120. The molecule has 176 valence electrons. The molecular formula is C22H23FN2O2S6. The van der Waals surface area contributed by atoms with E-state index in [2.05, 4.69) is 55.4 Å². The van der Waals surface area contributed by atoms with Gasteiger partial charge in [-0.2, -0.15) is 0 Å². The van der Waals surface area contributed by atoms with Crippen molar-refractivity contribution < 1.29 is 14.0 Å². The van der Waals surface area contributed by atoms with Crippen molar-refractivity contribution in [3.63, 3.8) is 0 Å². The smallest absolute Gasteiger partial charge is 0.257 e. The second-order valence-corrected chi connectivity index (χ2v) is 11.8. The quantitative estimate of drug-likeness (QED) is 0.178. The number of fused-ring (bicyclic) bond motifs is 1. The molecule has 1 fully saturated rings. The molecule has 0 aliphatic carbocycles. The van der Waals surface area contributed by atoms with Gasteiger partial charge in [-0.1, -0.05) is 0 Å². The molecule has 0 aromatic heterocycles. The van der Waals surface area contributed by atoms with E-state index in [-0.39, 0.29) is 30.0 Å². The van der Waals surface area contributed by atoms with Crippen molar-refractivity contribution in [3.05, 3.63) is 46.8 Å². The fraction of sp³-hybridized carbons (Fsp3) is 0.364. The highest BCUT2D eigenvalue weighted by atomic mass is 32.2. The van der Waals surface area contributed by atoms with E-state index in [1.165, 1.54) is 24.3 Å². The molecule has 0 saturated carbocycles. The predicted molar refractivity (Wildman–Crippen MR) is 146 cm³/mol. The standard InChI is InChI=1S/C22H23FN2O2S6/c23-13-3-1-12(2-4-13)14(26)10-24-7-5-11(6-8-24)9-25-21(27)15-16(22(25,32)33)18(29)20(31)19(30)17(15)28/h1-4,11,28-33H,5-10H2. The Hall–Kier alpha value is -0.430. The van der Waals surface area contributed by atoms with Crippen molar-refractivity contribution in [1.29, 1.82) is 0 Å². The maximum atomic E-state index is 13.3. The summed E-state index contributed by atoms with van der Waals surface area (Å²) in [5, 5.41) is 0. The molecule has 33 heavy (non-hydrogen) atoms. The number of carbonyl (C=O) groups is 2. The van der Waals surface area contributed by atoms with Gasteiger partial charge >= 0.3 is 0 Å². The lowest BCUT2D eigenvalue weighted by atomic mass is 9.95. The molecule has 0 atom stereocenters. The zero-order chi connectivity index (χ0) is 24.1. The predicted octanol–water partition coefficient (Wildman–Crippen LogP) is 5.00. The number of Topliss-reactive ketones (excluding diaryl/α,β-unsaturated/α-hetero) is 1. The topological polar surface area (TPSA) is 40.6 Å². The summed E-state index contributed by atoms with van der Waals surface area (Å²) in [6.45, 7) is 2.23. The molecule has 0 unspecified atom stereocenters. The van der Waals surface area contributed by atoms with E-state index in [0.29, 0.717) is 42.8 Å². The second kappa shape index (κ2) is 9.91. The number of amides is 1. The molecule has 4 nitrogen and oxygen atoms in total. The summed E-state index contributed by atoms with van der Waals surface area (Å²) < 4.78 is 12.0. The van der Waals surface area contributed by atoms with Crippen LogP contribution in [0.5, 0.6) is 0 Å². The minimum Gasteiger partial charge on any atom is -0.311 e. The third-order valence-electron chi connectivity index (χ3n) is 6.25. The van der Waals surface area contributed by atoms with Crippen molar-refractivity contribution in [2.75, 3.05) is 26.2 Å². The highest BCUT2D eigenvalue weighted by Gasteiger charge is 2.49. The zero-order valence-corrected chi connectivity index (χ0v) is 22.8. The number of thiol groups is 6. The Morgan fingerprint density at radius 3 is 2.15 bits per heavy atom. The number of likely N-dealkylation sites (tertiary alicyclic amines) is 1. The van der Waals surface area contributed by atoms with Crippen LogP contribution in [-0.4, -0.2) is 47.7 Å². The number of hydrogen-bond acceptors (Lipinski definition) is 9. The van der Waals surface area contributed by atoms with Gasteiger partial charge in [-0.25, -0.2) is 4.39 Å². The number of carbonyl (C=O) groups excluding carboxylic acids is 2. The SMILES string of the molecule is O=C(CN1CCC(CN2C(=O)c3c(S)c(S)c(S)c(S)c3C2(S)S)CC1)c1ccc(F)cc1. The molecule has 4 rings (SSSR count). The average molecular weight is 559 g/mol. The second-order valence-electron chi connectivity index (χ2n) is 8.35. The zero-order valence-electron chi connectivity index (χ0n) is 17.4. The molecule has 2 heterocycles. The van der Waals surface area contributed by atoms with E-state index in [4.69, 9.17) is 25.3 Å². The first-order valence-electron chi connectivity index (χ1n) is 10.3. The highest BCUT2D eigenvalue weighted by molar-refractivity contribution is 7.99. The van der Waals surface area contributed by atoms with Crippen molar-refractivity contribution in [1.82, 2.24) is 9.80 Å². The molecule has 0 N–H and O–H groups in total. The van der Waals surface area contributed by atoms with Crippen LogP contribution >= 0.6 is 75.8 Å². The normalized spacial score (nSPS) is 18.6. The van der Waals surface area contributed by atoms with Crippen LogP contribution in [0.15, 0.2) is 43.8 Å². The van der Waals surface area contributed by atoms with Crippen LogP contribution in [0, 0.1) is 11.7 Å². The number of ketones is 1. The molecule has 2 aliphatic rings. The molecule has 1 amide bonds. The number of piperidine rings is 1. The maximum absolute atomic E-state index is 13.3. The van der Waals surface area contributed by atoms with Crippen molar-refractivity contribution in [3.8, 4) is 0 Å². The van der Waals surface area contributed by atoms with Crippen LogP contribution in [0.4, 0.5) is 4.39 Å². The number of benzene rings is 2. The summed E-state index contributed by atoms with van der Waals surface area (Å²) >= 11 is 27.4. The molecular weight excluding hydrogens is 536 g/mol. The number of rotatable bonds is 5. The first-order chi connectivity index (χ1) is 15.5.